The zero-order valence-electron chi connectivity index (χ0n) is 24.0. The second-order valence-electron chi connectivity index (χ2n) is 10.9. The fraction of sp³-hybridized carbons (Fsp3) is 0.517. The summed E-state index contributed by atoms with van der Waals surface area (Å²) in [5, 5.41) is 22.3. The Bertz CT molecular complexity index is 1370. The lowest BCUT2D eigenvalue weighted by atomic mass is 10.0. The highest BCUT2D eigenvalue weighted by Crippen LogP contribution is 2.23. The molecule has 13 heteroatoms. The van der Waals surface area contributed by atoms with E-state index in [1.54, 1.807) is 0 Å². The summed E-state index contributed by atoms with van der Waals surface area (Å²) in [4.78, 5) is 61.0. The number of aliphatic hydroxyl groups is 1. The minimum absolute atomic E-state index is 0.0961. The standard InChI is InChI=1S/C29H38N6O6S/c1-16(2)14-20-29-34-21(15-41-29)26(38)30-13-7-6-9-19(27(39)35-25(17(3)36)28(40)33-20)31-23(37)11-12-24-32-18-8-4-5-10-22(18)42-24/h4-5,8,10,15-17,19-20,25,36H,6-7,9,11-14H2,1-3H3,(H,30,38)(H,31,37)(H,33,40)(H,35,39)/t17-,19+,20+,25+/m1/s1. The predicted octanol–water partition coefficient (Wildman–Crippen LogP) is 2.38. The van der Waals surface area contributed by atoms with E-state index in [1.165, 1.54) is 24.5 Å². The van der Waals surface area contributed by atoms with Gasteiger partial charge in [-0.3, -0.25) is 19.2 Å². The lowest BCUT2D eigenvalue weighted by Gasteiger charge is -2.27. The third-order valence-corrected chi connectivity index (χ3v) is 8.00. The predicted molar refractivity (Wildman–Crippen MR) is 157 cm³/mol. The van der Waals surface area contributed by atoms with Gasteiger partial charge in [0.05, 0.1) is 21.3 Å². The summed E-state index contributed by atoms with van der Waals surface area (Å²) >= 11 is 1.52. The van der Waals surface area contributed by atoms with Crippen LogP contribution in [0, 0.1) is 5.92 Å². The number of carbonyl (C=O) groups is 4. The van der Waals surface area contributed by atoms with Crippen LogP contribution in [-0.2, 0) is 20.8 Å². The van der Waals surface area contributed by atoms with Crippen molar-refractivity contribution in [2.45, 2.75) is 83.5 Å². The molecule has 226 valence electrons. The molecule has 1 aliphatic rings. The number of nitrogens with one attached hydrogen (secondary N) is 4. The molecular formula is C29H38N6O6S. The van der Waals surface area contributed by atoms with E-state index in [1.807, 2.05) is 38.1 Å². The number of oxazole rings is 1. The van der Waals surface area contributed by atoms with Crippen LogP contribution in [0.1, 0.15) is 80.3 Å². The van der Waals surface area contributed by atoms with Crippen LogP contribution in [0.2, 0.25) is 0 Å². The SMILES string of the molecule is CC(C)C[C@@H]1NC(=O)[C@H]([C@@H](C)O)NC(=O)[C@@H](NC(=O)CCc2nc3ccccc3s2)CCCCNC(=O)c2coc1n2. The summed E-state index contributed by atoms with van der Waals surface area (Å²) in [6.07, 6.45) is 2.33. The number of aliphatic hydroxyl groups excluding tert-OH is 1. The van der Waals surface area contributed by atoms with Crippen molar-refractivity contribution in [3.63, 3.8) is 0 Å². The van der Waals surface area contributed by atoms with Gasteiger partial charge in [0, 0.05) is 19.4 Å². The van der Waals surface area contributed by atoms with Crippen LogP contribution in [0.4, 0.5) is 0 Å². The number of hydrogen-bond donors (Lipinski definition) is 5. The van der Waals surface area contributed by atoms with Gasteiger partial charge in [-0.1, -0.05) is 26.0 Å². The molecule has 5 N–H and O–H groups in total. The summed E-state index contributed by atoms with van der Waals surface area (Å²) in [5.41, 5.74) is 0.974. The number of thiazole rings is 1. The van der Waals surface area contributed by atoms with E-state index >= 15 is 0 Å². The number of rotatable bonds is 7. The van der Waals surface area contributed by atoms with Crippen LogP contribution in [0.5, 0.6) is 0 Å². The number of fused-ring (bicyclic) bond motifs is 3. The van der Waals surface area contributed by atoms with Gasteiger partial charge in [-0.25, -0.2) is 9.97 Å². The molecule has 2 bridgehead atoms. The Labute approximate surface area is 248 Å². The maximum Gasteiger partial charge on any atom is 0.273 e. The Morgan fingerprint density at radius 1 is 1.12 bits per heavy atom. The van der Waals surface area contributed by atoms with Crippen molar-refractivity contribution in [1.29, 1.82) is 0 Å². The van der Waals surface area contributed by atoms with E-state index in [4.69, 9.17) is 4.42 Å². The number of nitrogens with zero attached hydrogens (tertiary/aromatic N) is 2. The number of carbonyl (C=O) groups excluding carboxylic acids is 4. The molecule has 4 rings (SSSR count). The largest absolute Gasteiger partial charge is 0.446 e. The molecule has 1 aliphatic heterocycles. The first-order valence-corrected chi connectivity index (χ1v) is 15.1. The molecule has 0 aliphatic carbocycles. The van der Waals surface area contributed by atoms with Gasteiger partial charge < -0.3 is 30.8 Å². The number of para-hydroxylation sites is 1. The average molecular weight is 599 g/mol. The Kier molecular flexibility index (Phi) is 10.6. The van der Waals surface area contributed by atoms with Crippen molar-refractivity contribution < 1.29 is 28.7 Å². The highest BCUT2D eigenvalue weighted by atomic mass is 32.1. The normalized spacial score (nSPS) is 21.5. The molecule has 0 saturated heterocycles. The molecule has 1 aromatic carbocycles. The number of amides is 4. The van der Waals surface area contributed by atoms with Crippen molar-refractivity contribution in [3.05, 3.63) is 47.1 Å². The van der Waals surface area contributed by atoms with E-state index < -0.39 is 42.0 Å². The fourth-order valence-electron chi connectivity index (χ4n) is 4.71. The second-order valence-corrected chi connectivity index (χ2v) is 12.1. The van der Waals surface area contributed by atoms with Crippen molar-refractivity contribution in [2.75, 3.05) is 6.54 Å². The molecule has 0 fully saturated rings. The van der Waals surface area contributed by atoms with Crippen LogP contribution in [0.25, 0.3) is 10.2 Å². The van der Waals surface area contributed by atoms with Gasteiger partial charge in [-0.05, 0) is 50.7 Å². The highest BCUT2D eigenvalue weighted by Gasteiger charge is 2.32. The van der Waals surface area contributed by atoms with E-state index in [0.717, 1.165) is 15.2 Å². The molecule has 12 nitrogen and oxygen atoms in total. The minimum atomic E-state index is -1.29. The number of benzene rings is 1. The highest BCUT2D eigenvalue weighted by molar-refractivity contribution is 7.18. The van der Waals surface area contributed by atoms with E-state index in [9.17, 15) is 24.3 Å². The van der Waals surface area contributed by atoms with E-state index in [-0.39, 0.29) is 36.3 Å². The van der Waals surface area contributed by atoms with Crippen LogP contribution < -0.4 is 21.3 Å². The van der Waals surface area contributed by atoms with Gasteiger partial charge in [0.1, 0.15) is 24.4 Å². The number of aromatic nitrogens is 2. The van der Waals surface area contributed by atoms with Gasteiger partial charge in [0.2, 0.25) is 23.6 Å². The first-order chi connectivity index (χ1) is 20.1. The van der Waals surface area contributed by atoms with E-state index in [0.29, 0.717) is 32.2 Å². The molecule has 2 aromatic heterocycles. The van der Waals surface area contributed by atoms with Gasteiger partial charge in [-0.2, -0.15) is 0 Å². The van der Waals surface area contributed by atoms with Gasteiger partial charge >= 0.3 is 0 Å². The van der Waals surface area contributed by atoms with Crippen molar-refractivity contribution in [1.82, 2.24) is 31.2 Å². The lowest BCUT2D eigenvalue weighted by molar-refractivity contribution is -0.134. The molecule has 3 heterocycles. The summed E-state index contributed by atoms with van der Waals surface area (Å²) < 4.78 is 6.57. The minimum Gasteiger partial charge on any atom is -0.446 e. The van der Waals surface area contributed by atoms with Crippen molar-refractivity contribution >= 4 is 45.2 Å². The first kappa shape index (κ1) is 31.1. The van der Waals surface area contributed by atoms with E-state index in [2.05, 4.69) is 31.2 Å². The lowest BCUT2D eigenvalue weighted by Crippen LogP contribution is -2.57. The van der Waals surface area contributed by atoms with Gasteiger partial charge in [-0.15, -0.1) is 11.3 Å². The van der Waals surface area contributed by atoms with Crippen LogP contribution in [0.3, 0.4) is 0 Å². The first-order valence-electron chi connectivity index (χ1n) is 14.3. The Hall–Kier alpha value is -3.84. The maximum absolute atomic E-state index is 13.4. The number of aryl methyl sites for hydroxylation is 1. The average Bonchev–Trinajstić information content (AvgIpc) is 3.60. The molecule has 42 heavy (non-hydrogen) atoms. The van der Waals surface area contributed by atoms with Crippen LogP contribution in [-0.4, -0.2) is 63.4 Å². The molecular weight excluding hydrogens is 560 g/mol. The Morgan fingerprint density at radius 3 is 2.64 bits per heavy atom. The van der Waals surface area contributed by atoms with Gasteiger partial charge in [0.25, 0.3) is 5.91 Å². The Balaban J connectivity index is 1.48. The summed E-state index contributed by atoms with van der Waals surface area (Å²) in [7, 11) is 0. The van der Waals surface area contributed by atoms with Crippen LogP contribution in [0.15, 0.2) is 34.9 Å². The number of hydrogen-bond acceptors (Lipinski definition) is 9. The molecule has 0 radical (unpaired) electrons. The topological polar surface area (TPSA) is 176 Å². The zero-order valence-corrected chi connectivity index (χ0v) is 24.8. The monoisotopic (exact) mass is 598 g/mol. The molecule has 3 aromatic rings. The third-order valence-electron chi connectivity index (χ3n) is 6.90. The van der Waals surface area contributed by atoms with Crippen molar-refractivity contribution in [2.24, 2.45) is 5.92 Å². The maximum atomic E-state index is 13.4. The Morgan fingerprint density at radius 2 is 1.90 bits per heavy atom. The molecule has 4 atom stereocenters. The summed E-state index contributed by atoms with van der Waals surface area (Å²) in [5.74, 6) is -1.67. The molecule has 0 saturated carbocycles. The molecule has 4 amide bonds. The zero-order chi connectivity index (χ0) is 30.2. The van der Waals surface area contributed by atoms with Crippen LogP contribution >= 0.6 is 11.3 Å². The molecule has 0 unspecified atom stereocenters. The molecule has 0 spiro atoms. The smallest absolute Gasteiger partial charge is 0.273 e. The quantitative estimate of drug-likeness (QED) is 0.275. The summed E-state index contributed by atoms with van der Waals surface area (Å²) in [6, 6.07) is 4.82. The summed E-state index contributed by atoms with van der Waals surface area (Å²) in [6.45, 7) is 5.66. The fourth-order valence-corrected chi connectivity index (χ4v) is 5.68. The van der Waals surface area contributed by atoms with Gasteiger partial charge in [0.15, 0.2) is 5.69 Å². The van der Waals surface area contributed by atoms with Crippen molar-refractivity contribution in [3.8, 4) is 0 Å². The third kappa shape index (κ3) is 8.35. The second kappa shape index (κ2) is 14.4.